The van der Waals surface area contributed by atoms with Crippen LogP contribution in [-0.4, -0.2) is 31.1 Å². The minimum atomic E-state index is -0.888. The van der Waals surface area contributed by atoms with Gasteiger partial charge in [-0.2, -0.15) is 0 Å². The highest BCUT2D eigenvalue weighted by atomic mass is 16.7. The molecule has 86 valence electrons. The van der Waals surface area contributed by atoms with E-state index < -0.39 is 5.97 Å². The molecular weight excluding hydrogens is 196 g/mol. The normalized spacial score (nSPS) is 20.6. The number of rotatable bonds is 5. The van der Waals surface area contributed by atoms with Crippen LogP contribution in [0.15, 0.2) is 12.2 Å². The number of hydrogen-bond acceptors (Lipinski definition) is 3. The van der Waals surface area contributed by atoms with Crippen LogP contribution in [0.2, 0.25) is 0 Å². The van der Waals surface area contributed by atoms with E-state index in [0.717, 1.165) is 26.1 Å². The Labute approximate surface area is 89.9 Å². The molecule has 1 atom stereocenters. The first kappa shape index (κ1) is 12.2. The standard InChI is InChI=1S/C11H18O4/c1-2-9(4-3-5-11(12)13)10-6-14-8-15-7-10/h3,5,9-10H,2,4,6-8H2,1H3,(H,12,13)/b5-3-. The van der Waals surface area contributed by atoms with Crippen molar-refractivity contribution in [1.82, 2.24) is 0 Å². The van der Waals surface area contributed by atoms with E-state index in [1.54, 1.807) is 6.08 Å². The highest BCUT2D eigenvalue weighted by Crippen LogP contribution is 2.23. The van der Waals surface area contributed by atoms with E-state index in [9.17, 15) is 4.79 Å². The van der Waals surface area contributed by atoms with E-state index in [2.05, 4.69) is 6.92 Å². The van der Waals surface area contributed by atoms with Crippen LogP contribution in [0.3, 0.4) is 0 Å². The molecule has 4 nitrogen and oxygen atoms in total. The fourth-order valence-corrected chi connectivity index (χ4v) is 1.81. The van der Waals surface area contributed by atoms with Gasteiger partial charge in [-0.15, -0.1) is 0 Å². The number of hydrogen-bond donors (Lipinski definition) is 1. The molecule has 15 heavy (non-hydrogen) atoms. The van der Waals surface area contributed by atoms with Crippen LogP contribution < -0.4 is 0 Å². The van der Waals surface area contributed by atoms with Gasteiger partial charge >= 0.3 is 5.97 Å². The van der Waals surface area contributed by atoms with Gasteiger partial charge in [0.05, 0.1) is 13.2 Å². The summed E-state index contributed by atoms with van der Waals surface area (Å²) >= 11 is 0. The largest absolute Gasteiger partial charge is 0.478 e. The molecule has 1 unspecified atom stereocenters. The monoisotopic (exact) mass is 214 g/mol. The summed E-state index contributed by atoms with van der Waals surface area (Å²) in [7, 11) is 0. The first-order chi connectivity index (χ1) is 7.24. The predicted molar refractivity (Wildman–Crippen MR) is 55.4 cm³/mol. The summed E-state index contributed by atoms with van der Waals surface area (Å²) in [6.45, 7) is 3.94. The van der Waals surface area contributed by atoms with Crippen LogP contribution in [0.5, 0.6) is 0 Å². The summed E-state index contributed by atoms with van der Waals surface area (Å²) in [4.78, 5) is 10.3. The molecule has 0 aliphatic carbocycles. The molecule has 1 aliphatic rings. The summed E-state index contributed by atoms with van der Waals surface area (Å²) in [5.41, 5.74) is 0. The van der Waals surface area contributed by atoms with Gasteiger partial charge in [-0.25, -0.2) is 4.79 Å². The van der Waals surface area contributed by atoms with Gasteiger partial charge in [0, 0.05) is 12.0 Å². The highest BCUT2D eigenvalue weighted by molar-refractivity contribution is 5.79. The Hall–Kier alpha value is -0.870. The van der Waals surface area contributed by atoms with Gasteiger partial charge in [0.1, 0.15) is 6.79 Å². The lowest BCUT2D eigenvalue weighted by molar-refractivity contribution is -0.137. The van der Waals surface area contributed by atoms with Crippen LogP contribution in [0.4, 0.5) is 0 Å². The number of ether oxygens (including phenoxy) is 2. The molecule has 1 aliphatic heterocycles. The summed E-state index contributed by atoms with van der Waals surface area (Å²) < 4.78 is 10.5. The van der Waals surface area contributed by atoms with Crippen molar-refractivity contribution in [2.45, 2.75) is 19.8 Å². The van der Waals surface area contributed by atoms with Crippen molar-refractivity contribution in [2.75, 3.05) is 20.0 Å². The van der Waals surface area contributed by atoms with Crippen molar-refractivity contribution in [2.24, 2.45) is 11.8 Å². The number of aliphatic carboxylic acids is 1. The molecule has 4 heteroatoms. The van der Waals surface area contributed by atoms with Gasteiger partial charge in [-0.3, -0.25) is 0 Å². The number of carboxylic acid groups (broad SMARTS) is 1. The predicted octanol–water partition coefficient (Wildman–Crippen LogP) is 1.66. The fraction of sp³-hybridized carbons (Fsp3) is 0.727. The molecule has 0 aromatic heterocycles. The van der Waals surface area contributed by atoms with Crippen molar-refractivity contribution in [1.29, 1.82) is 0 Å². The van der Waals surface area contributed by atoms with Crippen molar-refractivity contribution in [3.8, 4) is 0 Å². The Kier molecular flexibility index (Phi) is 5.36. The molecule has 0 bridgehead atoms. The maximum atomic E-state index is 10.3. The number of carboxylic acids is 1. The van der Waals surface area contributed by atoms with Crippen LogP contribution in [-0.2, 0) is 14.3 Å². The summed E-state index contributed by atoms with van der Waals surface area (Å²) in [5, 5.41) is 8.47. The number of carbonyl (C=O) groups is 1. The van der Waals surface area contributed by atoms with E-state index in [1.807, 2.05) is 0 Å². The topological polar surface area (TPSA) is 55.8 Å². The van der Waals surface area contributed by atoms with Crippen LogP contribution in [0.25, 0.3) is 0 Å². The lowest BCUT2D eigenvalue weighted by Gasteiger charge is -2.28. The molecule has 0 aromatic rings. The maximum absolute atomic E-state index is 10.3. The van der Waals surface area contributed by atoms with Crippen LogP contribution in [0, 0.1) is 11.8 Å². The Morgan fingerprint density at radius 2 is 2.20 bits per heavy atom. The van der Waals surface area contributed by atoms with Gasteiger partial charge in [-0.1, -0.05) is 19.4 Å². The Bertz CT molecular complexity index is 219. The van der Waals surface area contributed by atoms with E-state index in [1.165, 1.54) is 6.08 Å². The second-order valence-electron chi connectivity index (χ2n) is 3.76. The smallest absolute Gasteiger partial charge is 0.327 e. The molecular formula is C11H18O4. The van der Waals surface area contributed by atoms with E-state index in [-0.39, 0.29) is 0 Å². The minimum Gasteiger partial charge on any atom is -0.478 e. The minimum absolute atomic E-state index is 0.387. The third-order valence-electron chi connectivity index (χ3n) is 2.72. The van der Waals surface area contributed by atoms with Gasteiger partial charge in [0.15, 0.2) is 0 Å². The van der Waals surface area contributed by atoms with Crippen molar-refractivity contribution < 1.29 is 19.4 Å². The molecule has 1 fully saturated rings. The highest BCUT2D eigenvalue weighted by Gasteiger charge is 2.22. The van der Waals surface area contributed by atoms with E-state index in [0.29, 0.717) is 18.6 Å². The molecule has 0 saturated carbocycles. The Morgan fingerprint density at radius 1 is 1.53 bits per heavy atom. The summed E-state index contributed by atoms with van der Waals surface area (Å²) in [5.74, 6) is -0.0518. The van der Waals surface area contributed by atoms with Crippen LogP contribution in [0.1, 0.15) is 19.8 Å². The molecule has 0 amide bonds. The molecule has 0 aromatic carbocycles. The second-order valence-corrected chi connectivity index (χ2v) is 3.76. The SMILES string of the molecule is CCC(C/C=C\C(=O)O)C1COCOC1. The zero-order valence-electron chi connectivity index (χ0n) is 9.02. The van der Waals surface area contributed by atoms with Gasteiger partial charge in [0.25, 0.3) is 0 Å². The Morgan fingerprint density at radius 3 is 2.73 bits per heavy atom. The second kappa shape index (κ2) is 6.58. The lowest BCUT2D eigenvalue weighted by atomic mass is 9.88. The molecule has 0 spiro atoms. The van der Waals surface area contributed by atoms with E-state index >= 15 is 0 Å². The zero-order valence-corrected chi connectivity index (χ0v) is 9.02. The van der Waals surface area contributed by atoms with Gasteiger partial charge in [-0.05, 0) is 12.3 Å². The lowest BCUT2D eigenvalue weighted by Crippen LogP contribution is -2.30. The molecule has 1 heterocycles. The third kappa shape index (κ3) is 4.44. The quantitative estimate of drug-likeness (QED) is 0.707. The van der Waals surface area contributed by atoms with Crippen LogP contribution >= 0.6 is 0 Å². The summed E-state index contributed by atoms with van der Waals surface area (Å²) in [6.07, 6.45) is 4.71. The average molecular weight is 214 g/mol. The van der Waals surface area contributed by atoms with Crippen molar-refractivity contribution in [3.63, 3.8) is 0 Å². The molecule has 0 radical (unpaired) electrons. The molecule has 1 saturated heterocycles. The first-order valence-electron chi connectivity index (χ1n) is 5.29. The molecule has 1 rings (SSSR count). The first-order valence-corrected chi connectivity index (χ1v) is 5.29. The fourth-order valence-electron chi connectivity index (χ4n) is 1.81. The zero-order chi connectivity index (χ0) is 11.1. The molecule has 1 N–H and O–H groups in total. The van der Waals surface area contributed by atoms with Crippen molar-refractivity contribution >= 4 is 5.97 Å². The third-order valence-corrected chi connectivity index (χ3v) is 2.72. The average Bonchev–Trinajstić information content (AvgIpc) is 2.25. The van der Waals surface area contributed by atoms with E-state index in [4.69, 9.17) is 14.6 Å². The van der Waals surface area contributed by atoms with Gasteiger partial charge < -0.3 is 14.6 Å². The van der Waals surface area contributed by atoms with Gasteiger partial charge in [0.2, 0.25) is 0 Å². The van der Waals surface area contributed by atoms with Crippen molar-refractivity contribution in [3.05, 3.63) is 12.2 Å². The maximum Gasteiger partial charge on any atom is 0.327 e. The number of allylic oxidation sites excluding steroid dienone is 1. The summed E-state index contributed by atoms with van der Waals surface area (Å²) in [6, 6.07) is 0. The Balaban J connectivity index is 2.36.